The second-order valence-corrected chi connectivity index (χ2v) is 7.61. The van der Waals surface area contributed by atoms with Gasteiger partial charge in [-0.2, -0.15) is 4.98 Å². The summed E-state index contributed by atoms with van der Waals surface area (Å²) in [5, 5.41) is 7.52. The van der Waals surface area contributed by atoms with Gasteiger partial charge in [0.2, 0.25) is 17.6 Å². The number of likely N-dealkylation sites (tertiary alicyclic amines) is 1. The average Bonchev–Trinajstić information content (AvgIpc) is 3.33. The molecule has 2 aromatic rings. The largest absolute Gasteiger partial charge is 0.494 e. The van der Waals surface area contributed by atoms with Crippen molar-refractivity contribution >= 4 is 5.91 Å². The summed E-state index contributed by atoms with van der Waals surface area (Å²) in [7, 11) is 0. The maximum absolute atomic E-state index is 12.6. The van der Waals surface area contributed by atoms with Gasteiger partial charge in [0.15, 0.2) is 0 Å². The smallest absolute Gasteiger partial charge is 0.227 e. The molecule has 0 unspecified atom stereocenters. The zero-order chi connectivity index (χ0) is 19.3. The van der Waals surface area contributed by atoms with Crippen molar-refractivity contribution in [2.24, 2.45) is 11.8 Å². The minimum absolute atomic E-state index is 0.189. The fourth-order valence-corrected chi connectivity index (χ4v) is 4.18. The van der Waals surface area contributed by atoms with Gasteiger partial charge in [0.1, 0.15) is 5.75 Å². The summed E-state index contributed by atoms with van der Waals surface area (Å²) in [6.07, 6.45) is 3.10. The summed E-state index contributed by atoms with van der Waals surface area (Å²) in [6.45, 7) is 6.52. The van der Waals surface area contributed by atoms with Crippen LogP contribution in [0.3, 0.4) is 0 Å². The molecule has 3 heterocycles. The van der Waals surface area contributed by atoms with Crippen molar-refractivity contribution in [2.45, 2.75) is 32.6 Å². The third kappa shape index (κ3) is 4.35. The van der Waals surface area contributed by atoms with Crippen LogP contribution in [0.15, 0.2) is 28.8 Å². The Morgan fingerprint density at radius 1 is 1.21 bits per heavy atom. The summed E-state index contributed by atoms with van der Waals surface area (Å²) in [5.74, 6) is 3.51. The van der Waals surface area contributed by atoms with Crippen LogP contribution in [-0.2, 0) is 11.2 Å². The van der Waals surface area contributed by atoms with Gasteiger partial charge in [0.25, 0.3) is 0 Å². The van der Waals surface area contributed by atoms with Crippen LogP contribution in [0.4, 0.5) is 0 Å². The third-order valence-electron chi connectivity index (χ3n) is 5.82. The van der Waals surface area contributed by atoms with Crippen LogP contribution in [0.1, 0.15) is 32.1 Å². The molecule has 0 aliphatic carbocycles. The third-order valence-corrected chi connectivity index (χ3v) is 5.82. The number of aryl methyl sites for hydroxylation is 1. The second kappa shape index (κ2) is 8.73. The molecule has 4 rings (SSSR count). The van der Waals surface area contributed by atoms with Crippen molar-refractivity contribution in [3.63, 3.8) is 0 Å². The number of benzene rings is 1. The van der Waals surface area contributed by atoms with Gasteiger partial charge in [0, 0.05) is 31.5 Å². The quantitative estimate of drug-likeness (QED) is 0.824. The van der Waals surface area contributed by atoms with Crippen molar-refractivity contribution in [1.29, 1.82) is 0 Å². The Bertz CT molecular complexity index is 775. The van der Waals surface area contributed by atoms with Gasteiger partial charge in [-0.3, -0.25) is 4.79 Å². The van der Waals surface area contributed by atoms with Crippen molar-refractivity contribution in [1.82, 2.24) is 20.4 Å². The molecule has 1 amide bonds. The molecular weight excluding hydrogens is 356 g/mol. The Balaban J connectivity index is 1.30. The second-order valence-electron chi connectivity index (χ2n) is 7.61. The number of aromatic nitrogens is 2. The predicted octanol–water partition coefficient (Wildman–Crippen LogP) is 2.53. The van der Waals surface area contributed by atoms with Crippen LogP contribution in [0.2, 0.25) is 0 Å². The Morgan fingerprint density at radius 2 is 1.93 bits per heavy atom. The topological polar surface area (TPSA) is 80.5 Å². The summed E-state index contributed by atoms with van der Waals surface area (Å²) >= 11 is 0. The van der Waals surface area contributed by atoms with E-state index < -0.39 is 0 Å². The van der Waals surface area contributed by atoms with Gasteiger partial charge < -0.3 is 19.5 Å². The first kappa shape index (κ1) is 18.9. The Labute approximate surface area is 165 Å². The number of fused-ring (bicyclic) bond motifs is 1. The number of carbonyl (C=O) groups excluding carboxylic acids is 1. The van der Waals surface area contributed by atoms with Crippen LogP contribution in [-0.4, -0.2) is 53.7 Å². The van der Waals surface area contributed by atoms with E-state index >= 15 is 0 Å². The van der Waals surface area contributed by atoms with Gasteiger partial charge in [-0.25, -0.2) is 0 Å². The van der Waals surface area contributed by atoms with E-state index in [9.17, 15) is 4.79 Å². The lowest BCUT2D eigenvalue weighted by Crippen LogP contribution is -2.32. The molecule has 7 nitrogen and oxygen atoms in total. The van der Waals surface area contributed by atoms with Gasteiger partial charge in [0.05, 0.1) is 6.61 Å². The Morgan fingerprint density at radius 3 is 2.61 bits per heavy atom. The van der Waals surface area contributed by atoms with Crippen molar-refractivity contribution in [2.75, 3.05) is 32.8 Å². The molecule has 2 saturated heterocycles. The highest BCUT2D eigenvalue weighted by atomic mass is 16.5. The molecule has 1 aromatic heterocycles. The van der Waals surface area contributed by atoms with Gasteiger partial charge in [-0.1, -0.05) is 5.16 Å². The lowest BCUT2D eigenvalue weighted by atomic mass is 9.92. The molecule has 2 aliphatic heterocycles. The molecular formula is C21H28N4O3. The van der Waals surface area contributed by atoms with E-state index in [1.165, 1.54) is 0 Å². The highest BCUT2D eigenvalue weighted by molar-refractivity contribution is 5.76. The van der Waals surface area contributed by atoms with Crippen LogP contribution >= 0.6 is 0 Å². The van der Waals surface area contributed by atoms with E-state index in [4.69, 9.17) is 9.26 Å². The number of amides is 1. The molecule has 0 spiro atoms. The fraction of sp³-hybridized carbons (Fsp3) is 0.571. The van der Waals surface area contributed by atoms with E-state index in [-0.39, 0.29) is 5.91 Å². The standard InChI is InChI=1S/C21H28N4O3/c1-2-27-18-5-3-15(4-6-18)21-23-19(28-24-21)7-8-20(26)25-11-9-16-13-22-14-17(16)10-12-25/h3-6,16-17,22H,2,7-14H2,1H3/t16-,17+. The normalized spacial score (nSPS) is 22.0. The number of nitrogens with one attached hydrogen (secondary N) is 1. The number of ether oxygens (including phenoxy) is 1. The summed E-state index contributed by atoms with van der Waals surface area (Å²) in [6, 6.07) is 7.60. The van der Waals surface area contributed by atoms with Crippen LogP contribution in [0, 0.1) is 11.8 Å². The summed E-state index contributed by atoms with van der Waals surface area (Å²) < 4.78 is 10.8. The van der Waals surface area contributed by atoms with Crippen molar-refractivity contribution in [3.05, 3.63) is 30.2 Å². The van der Waals surface area contributed by atoms with E-state index in [1.807, 2.05) is 36.1 Å². The molecule has 1 aromatic carbocycles. The molecule has 1 N–H and O–H groups in total. The highest BCUT2D eigenvalue weighted by Gasteiger charge is 2.31. The lowest BCUT2D eigenvalue weighted by molar-refractivity contribution is -0.131. The van der Waals surface area contributed by atoms with E-state index in [0.717, 1.165) is 62.2 Å². The number of carbonyl (C=O) groups is 1. The minimum atomic E-state index is 0.189. The van der Waals surface area contributed by atoms with Crippen LogP contribution < -0.4 is 10.1 Å². The molecule has 2 atom stereocenters. The molecule has 2 fully saturated rings. The zero-order valence-electron chi connectivity index (χ0n) is 16.4. The maximum Gasteiger partial charge on any atom is 0.227 e. The SMILES string of the molecule is CCOc1ccc(-c2noc(CCC(=O)N3CC[C@@H]4CNC[C@@H]4CC3)n2)cc1. The first-order valence-corrected chi connectivity index (χ1v) is 10.3. The number of rotatable bonds is 6. The molecule has 150 valence electrons. The highest BCUT2D eigenvalue weighted by Crippen LogP contribution is 2.27. The van der Waals surface area contributed by atoms with Crippen LogP contribution in [0.5, 0.6) is 5.75 Å². The minimum Gasteiger partial charge on any atom is -0.494 e. The molecule has 0 radical (unpaired) electrons. The monoisotopic (exact) mass is 384 g/mol. The maximum atomic E-state index is 12.6. The number of nitrogens with zero attached hydrogens (tertiary/aromatic N) is 3. The first-order chi connectivity index (χ1) is 13.7. The van der Waals surface area contributed by atoms with E-state index in [0.29, 0.717) is 31.2 Å². The van der Waals surface area contributed by atoms with E-state index in [2.05, 4.69) is 15.5 Å². The van der Waals surface area contributed by atoms with Crippen molar-refractivity contribution in [3.8, 4) is 17.1 Å². The molecule has 2 aliphatic rings. The molecule has 7 heteroatoms. The van der Waals surface area contributed by atoms with Gasteiger partial charge >= 0.3 is 0 Å². The number of hydrogen-bond acceptors (Lipinski definition) is 6. The predicted molar refractivity (Wildman–Crippen MR) is 105 cm³/mol. The lowest BCUT2D eigenvalue weighted by Gasteiger charge is -2.20. The first-order valence-electron chi connectivity index (χ1n) is 10.3. The fourth-order valence-electron chi connectivity index (χ4n) is 4.18. The molecule has 28 heavy (non-hydrogen) atoms. The Kier molecular flexibility index (Phi) is 5.90. The average molecular weight is 384 g/mol. The molecule has 0 bridgehead atoms. The number of hydrogen-bond donors (Lipinski definition) is 1. The zero-order valence-corrected chi connectivity index (χ0v) is 16.4. The van der Waals surface area contributed by atoms with Crippen molar-refractivity contribution < 1.29 is 14.1 Å². The van der Waals surface area contributed by atoms with Crippen LogP contribution in [0.25, 0.3) is 11.4 Å². The summed E-state index contributed by atoms with van der Waals surface area (Å²) in [5.41, 5.74) is 0.873. The van der Waals surface area contributed by atoms with E-state index in [1.54, 1.807) is 0 Å². The molecule has 0 saturated carbocycles. The Hall–Kier alpha value is -2.41. The van der Waals surface area contributed by atoms with Gasteiger partial charge in [-0.05, 0) is 69.0 Å². The van der Waals surface area contributed by atoms with Gasteiger partial charge in [-0.15, -0.1) is 0 Å². The summed E-state index contributed by atoms with van der Waals surface area (Å²) in [4.78, 5) is 19.1.